The molecule has 0 bridgehead atoms. The van der Waals surface area contributed by atoms with Crippen LogP contribution in [-0.2, 0) is 13.6 Å². The Morgan fingerprint density at radius 1 is 1.38 bits per heavy atom. The molecule has 1 aromatic heterocycles. The predicted molar refractivity (Wildman–Crippen MR) is 83.1 cm³/mol. The van der Waals surface area contributed by atoms with Gasteiger partial charge < -0.3 is 14.6 Å². The Bertz CT molecular complexity index is 667. The molecule has 1 unspecified atom stereocenters. The molecule has 0 aliphatic rings. The van der Waals surface area contributed by atoms with Gasteiger partial charge in [-0.15, -0.1) is 0 Å². The number of nitriles is 1. The molecule has 2 rings (SSSR count). The lowest BCUT2D eigenvalue weighted by atomic mass is 10.1. The maximum atomic E-state index is 9.07. The number of para-hydroxylation sites is 1. The maximum Gasteiger partial charge on any atom is 0.123 e. The maximum absolute atomic E-state index is 9.07. The summed E-state index contributed by atoms with van der Waals surface area (Å²) in [6, 6.07) is 12.3. The van der Waals surface area contributed by atoms with Gasteiger partial charge in [-0.1, -0.05) is 18.2 Å². The van der Waals surface area contributed by atoms with Crippen molar-refractivity contribution in [3.8, 4) is 11.8 Å². The van der Waals surface area contributed by atoms with Gasteiger partial charge >= 0.3 is 0 Å². The first-order valence-electron chi connectivity index (χ1n) is 7.00. The van der Waals surface area contributed by atoms with Gasteiger partial charge in [0.1, 0.15) is 17.5 Å². The Labute approximate surface area is 126 Å². The zero-order valence-electron chi connectivity index (χ0n) is 13.0. The molecule has 0 amide bonds. The first kappa shape index (κ1) is 15.1. The van der Waals surface area contributed by atoms with Crippen LogP contribution in [0.15, 0.2) is 30.3 Å². The summed E-state index contributed by atoms with van der Waals surface area (Å²) in [4.78, 5) is 0. The summed E-state index contributed by atoms with van der Waals surface area (Å²) in [5, 5.41) is 12.6. The molecule has 110 valence electrons. The van der Waals surface area contributed by atoms with Crippen LogP contribution >= 0.6 is 0 Å². The fourth-order valence-corrected chi connectivity index (χ4v) is 2.45. The van der Waals surface area contributed by atoms with Crippen molar-refractivity contribution in [3.63, 3.8) is 0 Å². The van der Waals surface area contributed by atoms with Gasteiger partial charge in [-0.2, -0.15) is 5.26 Å². The molecule has 4 heteroatoms. The summed E-state index contributed by atoms with van der Waals surface area (Å²) >= 11 is 0. The SMILES string of the molecule is COc1ccccc1C(C)NCc1cc(C#N)n(C)c1C. The Kier molecular flexibility index (Phi) is 4.66. The Morgan fingerprint density at radius 3 is 2.71 bits per heavy atom. The van der Waals surface area contributed by atoms with Crippen molar-refractivity contribution in [1.82, 2.24) is 9.88 Å². The molecule has 21 heavy (non-hydrogen) atoms. The molecule has 1 N–H and O–H groups in total. The number of hydrogen-bond acceptors (Lipinski definition) is 3. The molecular weight excluding hydrogens is 262 g/mol. The largest absolute Gasteiger partial charge is 0.496 e. The van der Waals surface area contributed by atoms with Gasteiger partial charge in [0.15, 0.2) is 0 Å². The fraction of sp³-hybridized carbons (Fsp3) is 0.353. The predicted octanol–water partition coefficient (Wildman–Crippen LogP) is 3.06. The molecule has 1 atom stereocenters. The highest BCUT2D eigenvalue weighted by atomic mass is 16.5. The lowest BCUT2D eigenvalue weighted by molar-refractivity contribution is 0.401. The monoisotopic (exact) mass is 283 g/mol. The van der Waals surface area contributed by atoms with Gasteiger partial charge in [0, 0.05) is 30.9 Å². The third-order valence-corrected chi connectivity index (χ3v) is 3.96. The van der Waals surface area contributed by atoms with Crippen LogP contribution in [0.1, 0.15) is 35.5 Å². The minimum atomic E-state index is 0.172. The summed E-state index contributed by atoms with van der Waals surface area (Å²) in [6.45, 7) is 4.87. The molecule has 1 aromatic carbocycles. The lowest BCUT2D eigenvalue weighted by Crippen LogP contribution is -2.19. The van der Waals surface area contributed by atoms with Crippen molar-refractivity contribution in [2.75, 3.05) is 7.11 Å². The molecule has 0 aliphatic heterocycles. The van der Waals surface area contributed by atoms with E-state index in [4.69, 9.17) is 10.00 Å². The van der Waals surface area contributed by atoms with Gasteiger partial charge in [0.25, 0.3) is 0 Å². The van der Waals surface area contributed by atoms with Gasteiger partial charge in [-0.25, -0.2) is 0 Å². The number of methoxy groups -OCH3 is 1. The van der Waals surface area contributed by atoms with Crippen LogP contribution in [0.5, 0.6) is 5.75 Å². The van der Waals surface area contributed by atoms with E-state index in [1.54, 1.807) is 7.11 Å². The van der Waals surface area contributed by atoms with Crippen LogP contribution in [0.4, 0.5) is 0 Å². The van der Waals surface area contributed by atoms with Gasteiger partial charge in [0.05, 0.1) is 7.11 Å². The Morgan fingerprint density at radius 2 is 2.10 bits per heavy atom. The number of hydrogen-bond donors (Lipinski definition) is 1. The fourth-order valence-electron chi connectivity index (χ4n) is 2.45. The van der Waals surface area contributed by atoms with Crippen molar-refractivity contribution in [1.29, 1.82) is 5.26 Å². The molecule has 0 spiro atoms. The van der Waals surface area contributed by atoms with Crippen LogP contribution in [0.3, 0.4) is 0 Å². The van der Waals surface area contributed by atoms with Crippen molar-refractivity contribution < 1.29 is 4.74 Å². The van der Waals surface area contributed by atoms with E-state index in [0.717, 1.165) is 29.1 Å². The third kappa shape index (κ3) is 3.09. The van der Waals surface area contributed by atoms with Crippen LogP contribution in [0.25, 0.3) is 0 Å². The Balaban J connectivity index is 2.11. The molecule has 0 radical (unpaired) electrons. The second-order valence-electron chi connectivity index (χ2n) is 5.16. The first-order chi connectivity index (χ1) is 10.1. The average molecular weight is 283 g/mol. The lowest BCUT2D eigenvalue weighted by Gasteiger charge is -2.17. The number of nitrogens with one attached hydrogen (secondary N) is 1. The topological polar surface area (TPSA) is 50.0 Å². The third-order valence-electron chi connectivity index (χ3n) is 3.96. The number of benzene rings is 1. The van der Waals surface area contributed by atoms with E-state index in [-0.39, 0.29) is 6.04 Å². The number of ether oxygens (including phenoxy) is 1. The van der Waals surface area contributed by atoms with E-state index in [2.05, 4.69) is 24.4 Å². The highest BCUT2D eigenvalue weighted by molar-refractivity contribution is 5.36. The minimum absolute atomic E-state index is 0.172. The standard InChI is InChI=1S/C17H21N3O/c1-12(16-7-5-6-8-17(16)21-4)19-11-14-9-15(10-18)20(3)13(14)2/h5-9,12,19H,11H2,1-4H3. The highest BCUT2D eigenvalue weighted by Gasteiger charge is 2.13. The molecule has 4 nitrogen and oxygen atoms in total. The van der Waals surface area contributed by atoms with Crippen LogP contribution in [0, 0.1) is 18.3 Å². The molecule has 0 aliphatic carbocycles. The van der Waals surface area contributed by atoms with Crippen molar-refractivity contribution in [2.45, 2.75) is 26.4 Å². The van der Waals surface area contributed by atoms with E-state index >= 15 is 0 Å². The van der Waals surface area contributed by atoms with E-state index < -0.39 is 0 Å². The summed E-state index contributed by atoms with van der Waals surface area (Å²) in [5.41, 5.74) is 4.09. The van der Waals surface area contributed by atoms with Gasteiger partial charge in [-0.3, -0.25) is 0 Å². The molecule has 0 fully saturated rings. The minimum Gasteiger partial charge on any atom is -0.496 e. The molecule has 1 heterocycles. The van der Waals surface area contributed by atoms with Gasteiger partial charge in [-0.05, 0) is 31.5 Å². The quantitative estimate of drug-likeness (QED) is 0.917. The van der Waals surface area contributed by atoms with E-state index in [0.29, 0.717) is 5.69 Å². The van der Waals surface area contributed by atoms with E-state index in [9.17, 15) is 0 Å². The number of nitrogens with zero attached hydrogens (tertiary/aromatic N) is 2. The van der Waals surface area contributed by atoms with Crippen LogP contribution < -0.4 is 10.1 Å². The molecular formula is C17H21N3O. The zero-order chi connectivity index (χ0) is 15.4. The zero-order valence-corrected chi connectivity index (χ0v) is 13.0. The van der Waals surface area contributed by atoms with Crippen molar-refractivity contribution in [2.24, 2.45) is 7.05 Å². The van der Waals surface area contributed by atoms with Crippen molar-refractivity contribution >= 4 is 0 Å². The molecule has 0 saturated heterocycles. The highest BCUT2D eigenvalue weighted by Crippen LogP contribution is 2.25. The summed E-state index contributed by atoms with van der Waals surface area (Å²) < 4.78 is 7.32. The summed E-state index contributed by atoms with van der Waals surface area (Å²) in [7, 11) is 3.60. The second kappa shape index (κ2) is 6.47. The second-order valence-corrected chi connectivity index (χ2v) is 5.16. The molecule has 2 aromatic rings. The van der Waals surface area contributed by atoms with E-state index in [1.165, 1.54) is 0 Å². The first-order valence-corrected chi connectivity index (χ1v) is 7.00. The summed E-state index contributed by atoms with van der Waals surface area (Å²) in [6.07, 6.45) is 0. The normalized spacial score (nSPS) is 12.0. The Hall–Kier alpha value is -2.25. The van der Waals surface area contributed by atoms with Crippen LogP contribution in [-0.4, -0.2) is 11.7 Å². The summed E-state index contributed by atoms with van der Waals surface area (Å²) in [5.74, 6) is 0.889. The van der Waals surface area contributed by atoms with Gasteiger partial charge in [0.2, 0.25) is 0 Å². The van der Waals surface area contributed by atoms with Crippen molar-refractivity contribution in [3.05, 3.63) is 52.8 Å². The molecule has 0 saturated carbocycles. The van der Waals surface area contributed by atoms with E-state index in [1.807, 2.05) is 42.8 Å². The number of rotatable bonds is 5. The van der Waals surface area contributed by atoms with Crippen LogP contribution in [0.2, 0.25) is 0 Å². The average Bonchev–Trinajstić information content (AvgIpc) is 2.80. The smallest absolute Gasteiger partial charge is 0.123 e. The number of aromatic nitrogens is 1.